The summed E-state index contributed by atoms with van der Waals surface area (Å²) in [5.41, 5.74) is 5.74. The van der Waals surface area contributed by atoms with Gasteiger partial charge in [0.1, 0.15) is 33.9 Å². The number of hydrogen-bond acceptors (Lipinski definition) is 7. The highest BCUT2D eigenvalue weighted by Crippen LogP contribution is 2.38. The molecule has 7 rings (SSSR count). The van der Waals surface area contributed by atoms with Crippen molar-refractivity contribution in [2.45, 2.75) is 103 Å². The molecule has 0 radical (unpaired) electrons. The highest BCUT2D eigenvalue weighted by molar-refractivity contribution is 7.99. The van der Waals surface area contributed by atoms with Crippen LogP contribution in [-0.4, -0.2) is 72.0 Å². The SMILES string of the molecule is CC(C)c1cc(C#Cc2cnc(C3CCCN3C(=O)OC(C)(C)C)[nH]2)cc2ccc(-c3ccc4nc(C5SCCCN5C(=O)OC(C)(C)C)[nH]c4c3)cc12. The summed E-state index contributed by atoms with van der Waals surface area (Å²) in [6, 6.07) is 17.1. The Kier molecular flexibility index (Phi) is 10.2. The van der Waals surface area contributed by atoms with Gasteiger partial charge in [-0.3, -0.25) is 9.80 Å². The Morgan fingerprint density at radius 3 is 2.30 bits per heavy atom. The van der Waals surface area contributed by atoms with Gasteiger partial charge in [0.2, 0.25) is 0 Å². The van der Waals surface area contributed by atoms with Crippen molar-refractivity contribution in [3.05, 3.63) is 83.2 Å². The minimum absolute atomic E-state index is 0.153. The van der Waals surface area contributed by atoms with Crippen LogP contribution in [-0.2, 0) is 9.47 Å². The van der Waals surface area contributed by atoms with Crippen molar-refractivity contribution in [1.29, 1.82) is 0 Å². The number of likely N-dealkylation sites (tertiary alicyclic amines) is 1. The first-order chi connectivity index (χ1) is 25.6. The van der Waals surface area contributed by atoms with E-state index in [9.17, 15) is 9.59 Å². The highest BCUT2D eigenvalue weighted by Gasteiger charge is 2.35. The summed E-state index contributed by atoms with van der Waals surface area (Å²) in [5, 5.41) is 2.09. The Labute approximate surface area is 321 Å². The molecule has 5 aromatic rings. The number of fused-ring (bicyclic) bond motifs is 2. The van der Waals surface area contributed by atoms with E-state index in [2.05, 4.69) is 83.1 Å². The van der Waals surface area contributed by atoms with E-state index in [1.807, 2.05) is 47.6 Å². The molecule has 2 aliphatic heterocycles. The van der Waals surface area contributed by atoms with Gasteiger partial charge in [0.25, 0.3) is 0 Å². The molecule has 2 N–H and O–H groups in total. The summed E-state index contributed by atoms with van der Waals surface area (Å²) >= 11 is 1.71. The van der Waals surface area contributed by atoms with Gasteiger partial charge in [-0.1, -0.05) is 38.0 Å². The lowest BCUT2D eigenvalue weighted by Gasteiger charge is -2.35. The maximum Gasteiger partial charge on any atom is 0.411 e. The molecular formula is C43H50N6O4S. The highest BCUT2D eigenvalue weighted by atomic mass is 32.2. The van der Waals surface area contributed by atoms with Crippen LogP contribution in [0.5, 0.6) is 0 Å². The smallest absolute Gasteiger partial charge is 0.411 e. The molecule has 11 heteroatoms. The number of hydrogen-bond donors (Lipinski definition) is 2. The number of nitrogens with zero attached hydrogens (tertiary/aromatic N) is 4. The lowest BCUT2D eigenvalue weighted by molar-refractivity contribution is 0.0206. The molecule has 3 aromatic carbocycles. The average molecular weight is 747 g/mol. The number of imidazole rings is 2. The van der Waals surface area contributed by atoms with Crippen LogP contribution in [0, 0.1) is 11.8 Å². The van der Waals surface area contributed by atoms with E-state index in [1.165, 1.54) is 10.9 Å². The fourth-order valence-corrected chi connectivity index (χ4v) is 8.27. The normalized spacial score (nSPS) is 17.9. The van der Waals surface area contributed by atoms with E-state index in [0.29, 0.717) is 18.8 Å². The quantitative estimate of drug-likeness (QED) is 0.176. The molecule has 4 heterocycles. The van der Waals surface area contributed by atoms with Crippen molar-refractivity contribution in [2.24, 2.45) is 0 Å². The fraction of sp³-hybridized carbons (Fsp3) is 0.442. The Bertz CT molecular complexity index is 2270. The van der Waals surface area contributed by atoms with Crippen molar-refractivity contribution in [1.82, 2.24) is 29.7 Å². The van der Waals surface area contributed by atoms with E-state index in [1.54, 1.807) is 27.8 Å². The predicted octanol–water partition coefficient (Wildman–Crippen LogP) is 10.1. The Hall–Kier alpha value is -4.95. The topological polar surface area (TPSA) is 116 Å². The minimum atomic E-state index is -0.563. The zero-order valence-corrected chi connectivity index (χ0v) is 33.3. The van der Waals surface area contributed by atoms with Gasteiger partial charge in [-0.15, -0.1) is 11.8 Å². The van der Waals surface area contributed by atoms with Gasteiger partial charge in [0, 0.05) is 18.7 Å². The van der Waals surface area contributed by atoms with Gasteiger partial charge in [-0.2, -0.15) is 0 Å². The number of rotatable bonds is 4. The third kappa shape index (κ3) is 8.24. The average Bonchev–Trinajstić information content (AvgIpc) is 3.88. The number of nitrogens with one attached hydrogen (secondary N) is 2. The second-order valence-corrected chi connectivity index (χ2v) is 17.7. The van der Waals surface area contributed by atoms with E-state index < -0.39 is 11.2 Å². The molecule has 0 saturated carbocycles. The zero-order valence-electron chi connectivity index (χ0n) is 32.5. The molecule has 2 unspecified atom stereocenters. The van der Waals surface area contributed by atoms with Crippen LogP contribution >= 0.6 is 11.8 Å². The Balaban J connectivity index is 1.12. The van der Waals surface area contributed by atoms with Crippen LogP contribution in [0.25, 0.3) is 32.9 Å². The summed E-state index contributed by atoms with van der Waals surface area (Å²) in [7, 11) is 0. The minimum Gasteiger partial charge on any atom is -0.444 e. The Morgan fingerprint density at radius 2 is 1.56 bits per heavy atom. The first kappa shape index (κ1) is 37.4. The van der Waals surface area contributed by atoms with E-state index in [0.717, 1.165) is 69.8 Å². The predicted molar refractivity (Wildman–Crippen MR) is 215 cm³/mol. The van der Waals surface area contributed by atoms with Crippen molar-refractivity contribution < 1.29 is 19.1 Å². The van der Waals surface area contributed by atoms with Crippen molar-refractivity contribution in [3.63, 3.8) is 0 Å². The summed E-state index contributed by atoms with van der Waals surface area (Å²) in [6.45, 7) is 17.0. The molecule has 282 valence electrons. The number of carbonyl (C=O) groups is 2. The van der Waals surface area contributed by atoms with Crippen molar-refractivity contribution in [2.75, 3.05) is 18.8 Å². The van der Waals surface area contributed by atoms with Gasteiger partial charge in [-0.25, -0.2) is 19.6 Å². The molecule has 0 aliphatic carbocycles. The first-order valence-electron chi connectivity index (χ1n) is 18.9. The van der Waals surface area contributed by atoms with Crippen molar-refractivity contribution >= 4 is 45.8 Å². The van der Waals surface area contributed by atoms with Gasteiger partial charge in [-0.05, 0) is 136 Å². The molecule has 54 heavy (non-hydrogen) atoms. The zero-order chi connectivity index (χ0) is 38.4. The number of aromatic amines is 2. The van der Waals surface area contributed by atoms with Crippen LogP contribution in [0.15, 0.2) is 54.7 Å². The van der Waals surface area contributed by atoms with E-state index >= 15 is 0 Å². The molecule has 2 saturated heterocycles. The van der Waals surface area contributed by atoms with E-state index in [-0.39, 0.29) is 29.5 Å². The van der Waals surface area contributed by atoms with Gasteiger partial charge < -0.3 is 19.4 Å². The standard InChI is InChI=1S/C43H50N6O4S/c1-26(2)32-22-27(12-16-31-25-44-37(45-31)36-11-9-18-48(36)40(50)52-42(3,4)5)21-30-14-13-28(23-33(30)32)29-15-17-34-35(24-29)47-38(46-34)39-49(19-10-20-54-39)41(51)53-43(6,7)8/h13-15,17,21-26,36,39H,9-11,18-20H2,1-8H3,(H,44,45)(H,46,47). The molecule has 0 bridgehead atoms. The molecule has 2 atom stereocenters. The molecule has 0 spiro atoms. The van der Waals surface area contributed by atoms with Gasteiger partial charge in [0.05, 0.1) is 23.3 Å². The van der Waals surface area contributed by atoms with Crippen LogP contribution in [0.2, 0.25) is 0 Å². The lowest BCUT2D eigenvalue weighted by Crippen LogP contribution is -2.41. The third-order valence-corrected chi connectivity index (χ3v) is 10.9. The van der Waals surface area contributed by atoms with Crippen molar-refractivity contribution in [3.8, 4) is 23.0 Å². The Morgan fingerprint density at radius 1 is 0.852 bits per heavy atom. The number of amides is 2. The maximum atomic E-state index is 13.1. The molecule has 2 aliphatic rings. The van der Waals surface area contributed by atoms with Crippen LogP contribution < -0.4 is 0 Å². The number of aromatic nitrogens is 4. The number of ether oxygens (including phenoxy) is 2. The molecule has 2 aromatic heterocycles. The van der Waals surface area contributed by atoms with Gasteiger partial charge >= 0.3 is 12.2 Å². The number of thioether (sulfide) groups is 1. The lowest BCUT2D eigenvalue weighted by atomic mass is 9.91. The number of carbonyl (C=O) groups excluding carboxylic acids is 2. The van der Waals surface area contributed by atoms with Crippen LogP contribution in [0.4, 0.5) is 9.59 Å². The number of H-pyrrole nitrogens is 2. The maximum absolute atomic E-state index is 13.1. The van der Waals surface area contributed by atoms with Crippen LogP contribution in [0.3, 0.4) is 0 Å². The second-order valence-electron chi connectivity index (χ2n) is 16.5. The van der Waals surface area contributed by atoms with Crippen LogP contribution in [0.1, 0.15) is 120 Å². The second kappa shape index (κ2) is 14.7. The molecule has 2 fully saturated rings. The molecular weight excluding hydrogens is 697 g/mol. The molecule has 10 nitrogen and oxygen atoms in total. The largest absolute Gasteiger partial charge is 0.444 e. The molecule has 2 amide bonds. The third-order valence-electron chi connectivity index (χ3n) is 9.54. The fourth-order valence-electron chi connectivity index (χ4n) is 7.11. The van der Waals surface area contributed by atoms with E-state index in [4.69, 9.17) is 14.5 Å². The van der Waals surface area contributed by atoms with Gasteiger partial charge in [0.15, 0.2) is 0 Å². The summed E-state index contributed by atoms with van der Waals surface area (Å²) in [5.74, 6) is 9.37. The number of benzene rings is 3. The monoisotopic (exact) mass is 746 g/mol. The first-order valence-corrected chi connectivity index (χ1v) is 19.9. The summed E-state index contributed by atoms with van der Waals surface area (Å²) in [4.78, 5) is 45.9. The summed E-state index contributed by atoms with van der Waals surface area (Å²) < 4.78 is 11.4. The summed E-state index contributed by atoms with van der Waals surface area (Å²) in [6.07, 6.45) is 3.77.